The van der Waals surface area contributed by atoms with Gasteiger partial charge in [-0.2, -0.15) is 4.37 Å². The molecule has 1 heterocycles. The lowest BCUT2D eigenvalue weighted by Crippen LogP contribution is -2.29. The first-order valence-electron chi connectivity index (χ1n) is 5.11. The van der Waals surface area contributed by atoms with Crippen LogP contribution in [0.3, 0.4) is 0 Å². The number of aromatic nitrogens is 1. The van der Waals surface area contributed by atoms with Crippen molar-refractivity contribution < 1.29 is 9.53 Å². The van der Waals surface area contributed by atoms with Crippen LogP contribution in [0.4, 0.5) is 9.80 Å². The minimum absolute atomic E-state index is 0.198. The Morgan fingerprint density at radius 3 is 3.00 bits per heavy atom. The number of methoxy groups -OCH3 is 1. The van der Waals surface area contributed by atoms with Gasteiger partial charge in [0, 0.05) is 7.11 Å². The van der Waals surface area contributed by atoms with Gasteiger partial charge >= 0.3 is 6.03 Å². The molecule has 0 aliphatic rings. The van der Waals surface area contributed by atoms with E-state index in [2.05, 4.69) is 28.9 Å². The van der Waals surface area contributed by atoms with Crippen LogP contribution in [-0.2, 0) is 11.2 Å². The van der Waals surface area contributed by atoms with E-state index in [-0.39, 0.29) is 12.8 Å². The van der Waals surface area contributed by atoms with Crippen LogP contribution in [0.15, 0.2) is 6.07 Å². The number of rotatable bonds is 5. The highest BCUT2D eigenvalue weighted by atomic mass is 32.1. The first-order chi connectivity index (χ1) is 7.61. The van der Waals surface area contributed by atoms with Crippen LogP contribution >= 0.6 is 11.5 Å². The molecule has 2 amide bonds. The molecule has 0 aliphatic carbocycles. The minimum atomic E-state index is -0.276. The summed E-state index contributed by atoms with van der Waals surface area (Å²) < 4.78 is 8.98. The van der Waals surface area contributed by atoms with Gasteiger partial charge in [-0.3, -0.25) is 5.32 Å². The molecule has 6 heteroatoms. The van der Waals surface area contributed by atoms with E-state index in [0.717, 1.165) is 17.1 Å². The fourth-order valence-corrected chi connectivity index (χ4v) is 1.85. The van der Waals surface area contributed by atoms with Gasteiger partial charge in [-0.05, 0) is 29.9 Å². The van der Waals surface area contributed by atoms with E-state index in [9.17, 15) is 4.79 Å². The van der Waals surface area contributed by atoms with E-state index in [0.29, 0.717) is 5.92 Å². The zero-order chi connectivity index (χ0) is 12.0. The summed E-state index contributed by atoms with van der Waals surface area (Å²) in [5, 5.41) is 5.99. The summed E-state index contributed by atoms with van der Waals surface area (Å²) in [5.41, 5.74) is 1.02. The van der Waals surface area contributed by atoms with E-state index >= 15 is 0 Å². The van der Waals surface area contributed by atoms with Crippen molar-refractivity contribution in [2.24, 2.45) is 5.92 Å². The molecular formula is C10H17N3O2S. The molecule has 0 atom stereocenters. The summed E-state index contributed by atoms with van der Waals surface area (Å²) in [6, 6.07) is 1.62. The third-order valence-electron chi connectivity index (χ3n) is 1.79. The zero-order valence-electron chi connectivity index (χ0n) is 9.74. The monoisotopic (exact) mass is 243 g/mol. The largest absolute Gasteiger partial charge is 0.364 e. The molecule has 1 rings (SSSR count). The third-order valence-corrected chi connectivity index (χ3v) is 2.53. The van der Waals surface area contributed by atoms with Gasteiger partial charge in [-0.1, -0.05) is 13.8 Å². The molecule has 1 aromatic rings. The van der Waals surface area contributed by atoms with Crippen molar-refractivity contribution in [1.29, 1.82) is 0 Å². The Labute approximate surface area is 99.4 Å². The molecule has 2 N–H and O–H groups in total. The first kappa shape index (κ1) is 12.9. The van der Waals surface area contributed by atoms with Crippen molar-refractivity contribution in [3.63, 3.8) is 0 Å². The topological polar surface area (TPSA) is 63.2 Å². The fraction of sp³-hybridized carbons (Fsp3) is 0.600. The Hall–Kier alpha value is -1.14. The van der Waals surface area contributed by atoms with Crippen LogP contribution in [-0.4, -0.2) is 24.2 Å². The molecule has 0 spiro atoms. The Morgan fingerprint density at radius 1 is 1.62 bits per heavy atom. The molecule has 90 valence electrons. The molecule has 0 aliphatic heterocycles. The van der Waals surface area contributed by atoms with Crippen molar-refractivity contribution in [1.82, 2.24) is 9.69 Å². The Balaban J connectivity index is 2.42. The van der Waals surface area contributed by atoms with Crippen molar-refractivity contribution >= 4 is 22.6 Å². The second-order valence-corrected chi connectivity index (χ2v) is 4.65. The summed E-state index contributed by atoms with van der Waals surface area (Å²) >= 11 is 1.29. The molecule has 0 radical (unpaired) electrons. The molecule has 0 unspecified atom stereocenters. The fourth-order valence-electron chi connectivity index (χ4n) is 1.18. The molecule has 0 saturated heterocycles. The molecule has 0 saturated carbocycles. The molecule has 0 bridgehead atoms. The maximum absolute atomic E-state index is 11.3. The molecule has 5 nitrogen and oxygen atoms in total. The Bertz CT molecular complexity index is 339. The van der Waals surface area contributed by atoms with Crippen molar-refractivity contribution in [2.75, 3.05) is 19.2 Å². The number of carbonyl (C=O) groups is 1. The summed E-state index contributed by atoms with van der Waals surface area (Å²) in [6.07, 6.45) is 0.928. The maximum Gasteiger partial charge on any atom is 0.321 e. The second kappa shape index (κ2) is 6.44. The average molecular weight is 243 g/mol. The molecule has 16 heavy (non-hydrogen) atoms. The second-order valence-electron chi connectivity index (χ2n) is 3.84. The van der Waals surface area contributed by atoms with Gasteiger partial charge in [0.15, 0.2) is 0 Å². The predicted octanol–water partition coefficient (Wildman–Crippen LogP) is 2.07. The number of ether oxygens (including phenoxy) is 1. The Kier molecular flexibility index (Phi) is 5.21. The highest BCUT2D eigenvalue weighted by molar-refractivity contribution is 7.10. The van der Waals surface area contributed by atoms with Gasteiger partial charge in [0.1, 0.15) is 11.7 Å². The van der Waals surface area contributed by atoms with Gasteiger partial charge in [0.25, 0.3) is 0 Å². The van der Waals surface area contributed by atoms with Crippen LogP contribution in [0.1, 0.15) is 19.5 Å². The highest BCUT2D eigenvalue weighted by Gasteiger charge is 2.06. The lowest BCUT2D eigenvalue weighted by Gasteiger charge is -2.03. The number of hydrogen-bond donors (Lipinski definition) is 2. The molecule has 1 aromatic heterocycles. The summed E-state index contributed by atoms with van der Waals surface area (Å²) in [6.45, 7) is 4.47. The van der Waals surface area contributed by atoms with E-state index < -0.39 is 0 Å². The van der Waals surface area contributed by atoms with Crippen molar-refractivity contribution in [3.05, 3.63) is 11.8 Å². The number of nitrogens with zero attached hydrogens (tertiary/aromatic N) is 1. The number of urea groups is 1. The van der Waals surface area contributed by atoms with E-state index in [4.69, 9.17) is 4.74 Å². The molecular weight excluding hydrogens is 226 g/mol. The van der Waals surface area contributed by atoms with Crippen LogP contribution in [0.2, 0.25) is 0 Å². The number of nitrogens with one attached hydrogen (secondary N) is 2. The van der Waals surface area contributed by atoms with Gasteiger partial charge < -0.3 is 10.1 Å². The van der Waals surface area contributed by atoms with Crippen LogP contribution < -0.4 is 10.6 Å². The molecule has 0 aromatic carbocycles. The quantitative estimate of drug-likeness (QED) is 0.778. The number of anilines is 1. The van der Waals surface area contributed by atoms with Crippen LogP contribution in [0.5, 0.6) is 0 Å². The number of carbonyl (C=O) groups excluding carboxylic acids is 1. The lowest BCUT2D eigenvalue weighted by molar-refractivity contribution is 0.177. The minimum Gasteiger partial charge on any atom is -0.364 e. The summed E-state index contributed by atoms with van der Waals surface area (Å²) in [4.78, 5) is 11.3. The number of amides is 2. The number of hydrogen-bond acceptors (Lipinski definition) is 4. The third kappa shape index (κ3) is 4.59. The van der Waals surface area contributed by atoms with E-state index in [1.165, 1.54) is 18.6 Å². The van der Waals surface area contributed by atoms with Gasteiger partial charge in [0.2, 0.25) is 0 Å². The predicted molar refractivity (Wildman–Crippen MR) is 64.7 cm³/mol. The van der Waals surface area contributed by atoms with Gasteiger partial charge in [0.05, 0.1) is 5.69 Å². The SMILES string of the molecule is COCNC(=O)Nc1cc(CC(C)C)ns1. The van der Waals surface area contributed by atoms with Gasteiger partial charge in [-0.25, -0.2) is 4.79 Å². The van der Waals surface area contributed by atoms with Crippen molar-refractivity contribution in [3.8, 4) is 0 Å². The van der Waals surface area contributed by atoms with E-state index in [1.54, 1.807) is 0 Å². The summed E-state index contributed by atoms with van der Waals surface area (Å²) in [5.74, 6) is 0.567. The van der Waals surface area contributed by atoms with Crippen LogP contribution in [0.25, 0.3) is 0 Å². The lowest BCUT2D eigenvalue weighted by atomic mass is 10.1. The maximum atomic E-state index is 11.3. The van der Waals surface area contributed by atoms with Crippen LogP contribution in [0, 0.1) is 5.92 Å². The van der Waals surface area contributed by atoms with Gasteiger partial charge in [-0.15, -0.1) is 0 Å². The molecule has 0 fully saturated rings. The Morgan fingerprint density at radius 2 is 2.38 bits per heavy atom. The van der Waals surface area contributed by atoms with Crippen molar-refractivity contribution in [2.45, 2.75) is 20.3 Å². The first-order valence-corrected chi connectivity index (χ1v) is 5.88. The standard InChI is InChI=1S/C10H17N3O2S/c1-7(2)4-8-5-9(16-13-8)12-10(14)11-6-15-3/h5,7H,4,6H2,1-3H3,(H2,11,12,14). The van der Waals surface area contributed by atoms with E-state index in [1.807, 2.05) is 6.07 Å². The normalized spacial score (nSPS) is 10.5. The zero-order valence-corrected chi connectivity index (χ0v) is 10.6. The average Bonchev–Trinajstić information content (AvgIpc) is 2.61. The smallest absolute Gasteiger partial charge is 0.321 e. The highest BCUT2D eigenvalue weighted by Crippen LogP contribution is 2.18. The summed E-state index contributed by atoms with van der Waals surface area (Å²) in [7, 11) is 1.52.